The summed E-state index contributed by atoms with van der Waals surface area (Å²) in [6, 6.07) is 8.49. The van der Waals surface area contributed by atoms with Gasteiger partial charge in [0.1, 0.15) is 0 Å². The van der Waals surface area contributed by atoms with Crippen molar-refractivity contribution in [3.63, 3.8) is 0 Å². The van der Waals surface area contributed by atoms with E-state index in [4.69, 9.17) is 0 Å². The topological polar surface area (TPSA) is 41.1 Å². The first-order valence-corrected chi connectivity index (χ1v) is 6.79. The Hall–Kier alpha value is -1.06. The average molecular weight is 283 g/mol. The zero-order valence-electron chi connectivity index (χ0n) is 11.4. The molecule has 0 atom stereocenters. The molecule has 2 N–H and O–H groups in total. The Balaban J connectivity index is 0.00000180. The third-order valence-electron chi connectivity index (χ3n) is 3.54. The molecule has 4 heteroatoms. The maximum atomic E-state index is 11.9. The first kappa shape index (κ1) is 16.0. The highest BCUT2D eigenvalue weighted by atomic mass is 35.5. The summed E-state index contributed by atoms with van der Waals surface area (Å²) >= 11 is 0. The number of rotatable bonds is 4. The molecule has 0 unspecified atom stereocenters. The fourth-order valence-electron chi connectivity index (χ4n) is 2.31. The second-order valence-corrected chi connectivity index (χ2v) is 5.05. The molecule has 0 aliphatic carbocycles. The molecule has 106 valence electrons. The summed E-state index contributed by atoms with van der Waals surface area (Å²) in [5, 5.41) is 6.33. The highest BCUT2D eigenvalue weighted by Crippen LogP contribution is 2.11. The van der Waals surface area contributed by atoms with Gasteiger partial charge in [0.15, 0.2) is 0 Å². The Morgan fingerprint density at radius 1 is 1.26 bits per heavy atom. The summed E-state index contributed by atoms with van der Waals surface area (Å²) in [6.45, 7) is 4.76. The molecule has 2 rings (SSSR count). The van der Waals surface area contributed by atoms with E-state index in [9.17, 15) is 4.79 Å². The van der Waals surface area contributed by atoms with Crippen LogP contribution in [0.1, 0.15) is 24.0 Å². The number of carbonyl (C=O) groups excluding carboxylic acids is 1. The molecule has 0 aromatic heterocycles. The molecule has 0 radical (unpaired) electrons. The Morgan fingerprint density at radius 2 is 1.89 bits per heavy atom. The highest BCUT2D eigenvalue weighted by Gasteiger charge is 2.19. The molecule has 1 aliphatic heterocycles. The van der Waals surface area contributed by atoms with Gasteiger partial charge in [-0.25, -0.2) is 0 Å². The molecule has 1 aliphatic rings. The molecular weight excluding hydrogens is 260 g/mol. The summed E-state index contributed by atoms with van der Waals surface area (Å²) in [5.41, 5.74) is 2.56. The SMILES string of the molecule is Cc1ccc(CCNC(=O)C2CCNCC2)cc1.Cl. The molecule has 3 nitrogen and oxygen atoms in total. The molecule has 1 aromatic carbocycles. The summed E-state index contributed by atoms with van der Waals surface area (Å²) in [6.07, 6.45) is 2.85. The average Bonchev–Trinajstić information content (AvgIpc) is 2.42. The Morgan fingerprint density at radius 3 is 2.53 bits per heavy atom. The molecule has 1 heterocycles. The number of halogens is 1. The second-order valence-electron chi connectivity index (χ2n) is 5.05. The monoisotopic (exact) mass is 282 g/mol. The Bertz CT molecular complexity index is 386. The molecule has 1 amide bonds. The fourth-order valence-corrected chi connectivity index (χ4v) is 2.31. The summed E-state index contributed by atoms with van der Waals surface area (Å²) < 4.78 is 0. The maximum Gasteiger partial charge on any atom is 0.223 e. The lowest BCUT2D eigenvalue weighted by Crippen LogP contribution is -2.38. The van der Waals surface area contributed by atoms with Crippen molar-refractivity contribution in [2.45, 2.75) is 26.2 Å². The van der Waals surface area contributed by atoms with Crippen molar-refractivity contribution >= 4 is 18.3 Å². The van der Waals surface area contributed by atoms with Crippen LogP contribution in [0.3, 0.4) is 0 Å². The van der Waals surface area contributed by atoms with E-state index in [-0.39, 0.29) is 24.2 Å². The summed E-state index contributed by atoms with van der Waals surface area (Å²) in [7, 11) is 0. The molecule has 1 saturated heterocycles. The van der Waals surface area contributed by atoms with Crippen LogP contribution in [0.5, 0.6) is 0 Å². The number of piperidine rings is 1. The van der Waals surface area contributed by atoms with Gasteiger partial charge < -0.3 is 10.6 Å². The minimum atomic E-state index is 0. The first-order chi connectivity index (χ1) is 8.75. The van der Waals surface area contributed by atoms with Crippen LogP contribution in [0.4, 0.5) is 0 Å². The minimum absolute atomic E-state index is 0. The van der Waals surface area contributed by atoms with E-state index in [1.165, 1.54) is 11.1 Å². The normalized spacial score (nSPS) is 15.6. The zero-order valence-corrected chi connectivity index (χ0v) is 12.3. The molecule has 0 bridgehead atoms. The predicted molar refractivity (Wildman–Crippen MR) is 80.7 cm³/mol. The van der Waals surface area contributed by atoms with Crippen molar-refractivity contribution in [2.75, 3.05) is 19.6 Å². The van der Waals surface area contributed by atoms with Crippen LogP contribution >= 0.6 is 12.4 Å². The third-order valence-corrected chi connectivity index (χ3v) is 3.54. The van der Waals surface area contributed by atoms with Gasteiger partial charge in [0.2, 0.25) is 5.91 Å². The van der Waals surface area contributed by atoms with Gasteiger partial charge in [0.05, 0.1) is 0 Å². The first-order valence-electron chi connectivity index (χ1n) is 6.79. The zero-order chi connectivity index (χ0) is 12.8. The smallest absolute Gasteiger partial charge is 0.223 e. The van der Waals surface area contributed by atoms with Crippen LogP contribution in [0.25, 0.3) is 0 Å². The van der Waals surface area contributed by atoms with E-state index in [0.717, 1.165) is 38.9 Å². The van der Waals surface area contributed by atoms with Crippen molar-refractivity contribution in [1.82, 2.24) is 10.6 Å². The number of amides is 1. The van der Waals surface area contributed by atoms with Gasteiger partial charge >= 0.3 is 0 Å². The lowest BCUT2D eigenvalue weighted by atomic mass is 9.97. The lowest BCUT2D eigenvalue weighted by molar-refractivity contribution is -0.125. The fraction of sp³-hybridized carbons (Fsp3) is 0.533. The highest BCUT2D eigenvalue weighted by molar-refractivity contribution is 5.85. The van der Waals surface area contributed by atoms with Crippen molar-refractivity contribution < 1.29 is 4.79 Å². The van der Waals surface area contributed by atoms with Gasteiger partial charge in [-0.05, 0) is 44.8 Å². The van der Waals surface area contributed by atoms with E-state index in [1.54, 1.807) is 0 Å². The van der Waals surface area contributed by atoms with E-state index in [2.05, 4.69) is 41.8 Å². The summed E-state index contributed by atoms with van der Waals surface area (Å²) in [4.78, 5) is 11.9. The standard InChI is InChI=1S/C15H22N2O.ClH/c1-12-2-4-13(5-3-12)6-11-17-15(18)14-7-9-16-10-8-14;/h2-5,14,16H,6-11H2,1H3,(H,17,18);1H. The number of hydrogen-bond donors (Lipinski definition) is 2. The Labute approximate surface area is 121 Å². The van der Waals surface area contributed by atoms with Crippen molar-refractivity contribution in [2.24, 2.45) is 5.92 Å². The van der Waals surface area contributed by atoms with Crippen LogP contribution in [-0.4, -0.2) is 25.5 Å². The number of aryl methyl sites for hydroxylation is 1. The third kappa shape index (κ3) is 5.21. The van der Waals surface area contributed by atoms with Crippen molar-refractivity contribution in [3.8, 4) is 0 Å². The Kier molecular flexibility index (Phi) is 6.89. The van der Waals surface area contributed by atoms with Gasteiger partial charge in [0.25, 0.3) is 0 Å². The molecule has 0 spiro atoms. The number of benzene rings is 1. The second kappa shape index (κ2) is 8.18. The van der Waals surface area contributed by atoms with Crippen LogP contribution in [0, 0.1) is 12.8 Å². The molecule has 1 aromatic rings. The molecule has 0 saturated carbocycles. The van der Waals surface area contributed by atoms with Crippen molar-refractivity contribution in [3.05, 3.63) is 35.4 Å². The van der Waals surface area contributed by atoms with Crippen LogP contribution in [-0.2, 0) is 11.2 Å². The van der Waals surface area contributed by atoms with Crippen LogP contribution in [0.15, 0.2) is 24.3 Å². The van der Waals surface area contributed by atoms with E-state index < -0.39 is 0 Å². The van der Waals surface area contributed by atoms with Crippen LogP contribution in [0.2, 0.25) is 0 Å². The van der Waals surface area contributed by atoms with Gasteiger partial charge in [0, 0.05) is 12.5 Å². The number of hydrogen-bond acceptors (Lipinski definition) is 2. The van der Waals surface area contributed by atoms with Gasteiger partial charge in [-0.1, -0.05) is 29.8 Å². The van der Waals surface area contributed by atoms with Gasteiger partial charge in [-0.15, -0.1) is 12.4 Å². The van der Waals surface area contributed by atoms with Crippen molar-refractivity contribution in [1.29, 1.82) is 0 Å². The van der Waals surface area contributed by atoms with Gasteiger partial charge in [-0.3, -0.25) is 4.79 Å². The van der Waals surface area contributed by atoms with Crippen LogP contribution < -0.4 is 10.6 Å². The maximum absolute atomic E-state index is 11.9. The molecule has 19 heavy (non-hydrogen) atoms. The number of nitrogens with one attached hydrogen (secondary N) is 2. The molecule has 1 fully saturated rings. The predicted octanol–water partition coefficient (Wildman–Crippen LogP) is 2.08. The van der Waals surface area contributed by atoms with E-state index in [0.29, 0.717) is 0 Å². The molecular formula is C15H23ClN2O. The minimum Gasteiger partial charge on any atom is -0.356 e. The van der Waals surface area contributed by atoms with E-state index >= 15 is 0 Å². The van der Waals surface area contributed by atoms with Gasteiger partial charge in [-0.2, -0.15) is 0 Å². The largest absolute Gasteiger partial charge is 0.356 e. The van der Waals surface area contributed by atoms with E-state index in [1.807, 2.05) is 0 Å². The number of carbonyl (C=O) groups is 1. The quantitative estimate of drug-likeness (QED) is 0.888. The summed E-state index contributed by atoms with van der Waals surface area (Å²) in [5.74, 6) is 0.438. The lowest BCUT2D eigenvalue weighted by Gasteiger charge is -2.21.